The quantitative estimate of drug-likeness (QED) is 0.539. The molecular formula is C14H25BrO. The molecule has 2 heteroatoms. The van der Waals surface area contributed by atoms with Gasteiger partial charge in [-0.15, -0.1) is 0 Å². The average molecular weight is 289 g/mol. The molecule has 1 saturated heterocycles. The van der Waals surface area contributed by atoms with E-state index in [9.17, 15) is 0 Å². The van der Waals surface area contributed by atoms with Crippen LogP contribution in [0.15, 0.2) is 0 Å². The van der Waals surface area contributed by atoms with Crippen molar-refractivity contribution in [3.05, 3.63) is 0 Å². The monoisotopic (exact) mass is 288 g/mol. The Hall–Kier alpha value is 0.440. The first-order valence-electron chi connectivity index (χ1n) is 7.12. The van der Waals surface area contributed by atoms with Crippen LogP contribution in [0.1, 0.15) is 64.2 Å². The van der Waals surface area contributed by atoms with E-state index in [1.165, 1.54) is 64.2 Å². The van der Waals surface area contributed by atoms with E-state index < -0.39 is 0 Å². The van der Waals surface area contributed by atoms with Crippen LogP contribution in [0.2, 0.25) is 0 Å². The zero-order valence-corrected chi connectivity index (χ0v) is 11.9. The lowest BCUT2D eigenvalue weighted by molar-refractivity contribution is 0.101. The van der Waals surface area contributed by atoms with Crippen molar-refractivity contribution in [3.63, 3.8) is 0 Å². The van der Waals surface area contributed by atoms with Crippen LogP contribution in [0.3, 0.4) is 0 Å². The Morgan fingerprint density at radius 3 is 2.62 bits per heavy atom. The molecule has 94 valence electrons. The van der Waals surface area contributed by atoms with Crippen molar-refractivity contribution in [2.75, 3.05) is 6.61 Å². The van der Waals surface area contributed by atoms with Gasteiger partial charge in [0.1, 0.15) is 0 Å². The second-order valence-electron chi connectivity index (χ2n) is 5.48. The molecule has 2 fully saturated rings. The lowest BCUT2D eigenvalue weighted by Crippen LogP contribution is -2.14. The van der Waals surface area contributed by atoms with Crippen molar-refractivity contribution in [1.29, 1.82) is 0 Å². The molecule has 1 aliphatic heterocycles. The summed E-state index contributed by atoms with van der Waals surface area (Å²) < 4.78 is 5.68. The van der Waals surface area contributed by atoms with Crippen LogP contribution in [-0.4, -0.2) is 17.5 Å². The third-order valence-corrected chi connectivity index (χ3v) is 5.40. The topological polar surface area (TPSA) is 9.23 Å². The molecule has 16 heavy (non-hydrogen) atoms. The Labute approximate surface area is 108 Å². The van der Waals surface area contributed by atoms with Gasteiger partial charge in [-0.3, -0.25) is 0 Å². The van der Waals surface area contributed by atoms with Gasteiger partial charge in [-0.2, -0.15) is 0 Å². The molecule has 2 rings (SSSR count). The second kappa shape index (κ2) is 7.00. The fourth-order valence-electron chi connectivity index (χ4n) is 3.14. The number of hydrogen-bond acceptors (Lipinski definition) is 1. The third-order valence-electron chi connectivity index (χ3n) is 4.19. The van der Waals surface area contributed by atoms with Crippen LogP contribution < -0.4 is 0 Å². The molecule has 1 saturated carbocycles. The molecule has 0 aromatic rings. The van der Waals surface area contributed by atoms with Crippen molar-refractivity contribution in [3.8, 4) is 0 Å². The summed E-state index contributed by atoms with van der Waals surface area (Å²) in [5.41, 5.74) is 0. The molecule has 0 aromatic carbocycles. The summed E-state index contributed by atoms with van der Waals surface area (Å²) >= 11 is 3.89. The minimum absolute atomic E-state index is 0.597. The van der Waals surface area contributed by atoms with Gasteiger partial charge in [0.05, 0.1) is 6.10 Å². The van der Waals surface area contributed by atoms with Gasteiger partial charge in [0, 0.05) is 11.4 Å². The van der Waals surface area contributed by atoms with Crippen molar-refractivity contribution >= 4 is 15.9 Å². The molecule has 0 amide bonds. The average Bonchev–Trinajstić information content (AvgIpc) is 2.71. The maximum absolute atomic E-state index is 5.68. The molecule has 2 aliphatic rings. The largest absolute Gasteiger partial charge is 0.378 e. The molecule has 1 aliphatic carbocycles. The van der Waals surface area contributed by atoms with E-state index in [0.29, 0.717) is 6.10 Å². The molecule has 1 heterocycles. The minimum Gasteiger partial charge on any atom is -0.378 e. The molecule has 0 bridgehead atoms. The van der Waals surface area contributed by atoms with Gasteiger partial charge in [0.2, 0.25) is 0 Å². The predicted molar refractivity (Wildman–Crippen MR) is 72.1 cm³/mol. The first kappa shape index (κ1) is 12.9. The summed E-state index contributed by atoms with van der Waals surface area (Å²) in [5, 5.41) is 0. The van der Waals surface area contributed by atoms with E-state index in [4.69, 9.17) is 4.74 Å². The van der Waals surface area contributed by atoms with E-state index in [-0.39, 0.29) is 0 Å². The van der Waals surface area contributed by atoms with Gasteiger partial charge in [0.15, 0.2) is 0 Å². The molecule has 0 spiro atoms. The number of rotatable bonds is 4. The van der Waals surface area contributed by atoms with Gasteiger partial charge in [-0.1, -0.05) is 41.6 Å². The number of halogens is 1. The Bertz CT molecular complexity index is 189. The molecule has 0 aromatic heterocycles. The Morgan fingerprint density at radius 1 is 0.938 bits per heavy atom. The smallest absolute Gasteiger partial charge is 0.0576 e. The van der Waals surface area contributed by atoms with Gasteiger partial charge >= 0.3 is 0 Å². The predicted octanol–water partition coefficient (Wildman–Crippen LogP) is 4.68. The van der Waals surface area contributed by atoms with Crippen LogP contribution in [0.4, 0.5) is 0 Å². The number of hydrogen-bond donors (Lipinski definition) is 0. The van der Waals surface area contributed by atoms with Crippen molar-refractivity contribution in [1.82, 2.24) is 0 Å². The van der Waals surface area contributed by atoms with E-state index in [1.807, 2.05) is 0 Å². The Morgan fingerprint density at radius 2 is 1.81 bits per heavy atom. The maximum atomic E-state index is 5.68. The lowest BCUT2D eigenvalue weighted by Gasteiger charge is -2.20. The summed E-state index contributed by atoms with van der Waals surface area (Å²) in [6.45, 7) is 1.01. The second-order valence-corrected chi connectivity index (χ2v) is 6.66. The van der Waals surface area contributed by atoms with Gasteiger partial charge in [-0.05, 0) is 44.4 Å². The third kappa shape index (κ3) is 4.03. The summed E-state index contributed by atoms with van der Waals surface area (Å²) in [6, 6.07) is 0. The minimum atomic E-state index is 0.597. The molecule has 0 N–H and O–H groups in total. The first-order valence-corrected chi connectivity index (χ1v) is 8.03. The molecule has 3 unspecified atom stereocenters. The SMILES string of the molecule is BrC1CCCCCC1CCCC1CCCO1. The van der Waals surface area contributed by atoms with Crippen LogP contribution in [0, 0.1) is 5.92 Å². The van der Waals surface area contributed by atoms with E-state index in [2.05, 4.69) is 15.9 Å². The van der Waals surface area contributed by atoms with Crippen molar-refractivity contribution < 1.29 is 4.74 Å². The highest BCUT2D eigenvalue weighted by molar-refractivity contribution is 9.09. The zero-order chi connectivity index (χ0) is 11.2. The molecular weight excluding hydrogens is 264 g/mol. The standard InChI is InChI=1S/C14H25BrO/c15-14-10-3-1-2-6-12(14)7-4-8-13-9-5-11-16-13/h12-14H,1-11H2. The molecule has 3 atom stereocenters. The normalized spacial score (nSPS) is 36.2. The zero-order valence-electron chi connectivity index (χ0n) is 10.3. The van der Waals surface area contributed by atoms with Crippen LogP contribution in [0.5, 0.6) is 0 Å². The maximum Gasteiger partial charge on any atom is 0.0576 e. The fraction of sp³-hybridized carbons (Fsp3) is 1.00. The fourth-order valence-corrected chi connectivity index (χ4v) is 4.00. The van der Waals surface area contributed by atoms with E-state index in [1.54, 1.807) is 0 Å². The van der Waals surface area contributed by atoms with Crippen LogP contribution >= 0.6 is 15.9 Å². The highest BCUT2D eigenvalue weighted by Crippen LogP contribution is 2.32. The first-order chi connectivity index (χ1) is 7.86. The Balaban J connectivity index is 1.63. The summed E-state index contributed by atoms with van der Waals surface area (Å²) in [7, 11) is 0. The highest BCUT2D eigenvalue weighted by Gasteiger charge is 2.22. The molecule has 1 nitrogen and oxygen atoms in total. The van der Waals surface area contributed by atoms with Gasteiger partial charge < -0.3 is 4.74 Å². The van der Waals surface area contributed by atoms with Crippen molar-refractivity contribution in [2.45, 2.75) is 75.1 Å². The summed E-state index contributed by atoms with van der Waals surface area (Å²) in [4.78, 5) is 0.791. The van der Waals surface area contributed by atoms with E-state index >= 15 is 0 Å². The summed E-state index contributed by atoms with van der Waals surface area (Å²) in [6.07, 6.45) is 14.4. The molecule has 0 radical (unpaired) electrons. The van der Waals surface area contributed by atoms with Gasteiger partial charge in [-0.25, -0.2) is 0 Å². The van der Waals surface area contributed by atoms with Crippen LogP contribution in [0.25, 0.3) is 0 Å². The van der Waals surface area contributed by atoms with Crippen molar-refractivity contribution in [2.24, 2.45) is 5.92 Å². The number of ether oxygens (including phenoxy) is 1. The highest BCUT2D eigenvalue weighted by atomic mass is 79.9. The van der Waals surface area contributed by atoms with Crippen LogP contribution in [-0.2, 0) is 4.74 Å². The number of alkyl halides is 1. The Kier molecular flexibility index (Phi) is 5.64. The summed E-state index contributed by atoms with van der Waals surface area (Å²) in [5.74, 6) is 0.934. The van der Waals surface area contributed by atoms with Gasteiger partial charge in [0.25, 0.3) is 0 Å². The van der Waals surface area contributed by atoms with E-state index in [0.717, 1.165) is 17.4 Å². The lowest BCUT2D eigenvalue weighted by atomic mass is 9.93.